The topological polar surface area (TPSA) is 98.2 Å². The van der Waals surface area contributed by atoms with Gasteiger partial charge in [0.25, 0.3) is 5.56 Å². The number of nitrogens with zero attached hydrogens (tertiary/aromatic N) is 6. The van der Waals surface area contributed by atoms with E-state index in [-0.39, 0.29) is 35.2 Å². The quantitative estimate of drug-likeness (QED) is 0.370. The fraction of sp³-hybridized carbons (Fsp3) is 0.290. The zero-order valence-corrected chi connectivity index (χ0v) is 22.8. The van der Waals surface area contributed by atoms with Crippen LogP contribution in [0.25, 0.3) is 11.0 Å². The van der Waals surface area contributed by atoms with Gasteiger partial charge in [-0.3, -0.25) is 9.69 Å². The molecule has 40 heavy (non-hydrogen) atoms. The van der Waals surface area contributed by atoms with E-state index in [1.165, 1.54) is 16.7 Å². The fourth-order valence-electron chi connectivity index (χ4n) is 5.67. The molecule has 8 nitrogen and oxygen atoms in total. The van der Waals surface area contributed by atoms with Gasteiger partial charge in [0.05, 0.1) is 24.4 Å². The molecule has 202 valence electrons. The molecule has 0 radical (unpaired) electrons. The largest absolute Gasteiger partial charge is 0.497 e. The van der Waals surface area contributed by atoms with Gasteiger partial charge in [0.2, 0.25) is 0 Å². The summed E-state index contributed by atoms with van der Waals surface area (Å²) in [6.45, 7) is 5.24. The highest BCUT2D eigenvalue weighted by Gasteiger charge is 2.37. The van der Waals surface area contributed by atoms with Gasteiger partial charge < -0.3 is 14.2 Å². The van der Waals surface area contributed by atoms with Crippen molar-refractivity contribution in [2.75, 3.05) is 25.1 Å². The van der Waals surface area contributed by atoms with Gasteiger partial charge in [-0.15, -0.1) is 0 Å². The number of piperazine rings is 1. The second-order valence-electron chi connectivity index (χ2n) is 10.2. The summed E-state index contributed by atoms with van der Waals surface area (Å²) in [4.78, 5) is 22.2. The average molecular weight is 537 g/mol. The van der Waals surface area contributed by atoms with Gasteiger partial charge >= 0.3 is 0 Å². The Labute approximate surface area is 232 Å². The van der Waals surface area contributed by atoms with Crippen molar-refractivity contribution in [2.45, 2.75) is 32.0 Å². The smallest absolute Gasteiger partial charge is 0.270 e. The van der Waals surface area contributed by atoms with E-state index >= 15 is 0 Å². The van der Waals surface area contributed by atoms with Crippen molar-refractivity contribution in [3.63, 3.8) is 0 Å². The first kappa shape index (κ1) is 26.9. The first-order chi connectivity index (χ1) is 19.3. The number of rotatable bonds is 5. The standard InChI is InChI=1S/C31H29FN6O2/c1-19-18-38(30-26(16-34)31(39)36(3)27-14-11-24(15-33)35-28(27)30)20(2)17-37(19)29(21-5-9-23(32)10-6-21)22-7-12-25(40-4)13-8-22/h5-14,19-20,29H,17-18H2,1-4H3/t19-,20+,29?/m1/s1. The van der Waals surface area contributed by atoms with Crippen molar-refractivity contribution >= 4 is 16.7 Å². The Morgan fingerprint density at radius 1 is 0.950 bits per heavy atom. The van der Waals surface area contributed by atoms with Crippen LogP contribution in [-0.4, -0.2) is 46.7 Å². The molecule has 5 rings (SSSR count). The molecule has 9 heteroatoms. The van der Waals surface area contributed by atoms with Crippen LogP contribution in [0.2, 0.25) is 0 Å². The molecule has 1 aliphatic rings. The Hall–Kier alpha value is -4.73. The van der Waals surface area contributed by atoms with Crippen LogP contribution in [0.3, 0.4) is 0 Å². The van der Waals surface area contributed by atoms with Crippen molar-refractivity contribution < 1.29 is 9.13 Å². The van der Waals surface area contributed by atoms with Gasteiger partial charge in [0, 0.05) is 32.2 Å². The van der Waals surface area contributed by atoms with Crippen LogP contribution in [0.5, 0.6) is 5.75 Å². The van der Waals surface area contributed by atoms with E-state index in [0.717, 1.165) is 16.9 Å². The number of halogens is 1. The minimum Gasteiger partial charge on any atom is -0.497 e. The van der Waals surface area contributed by atoms with Crippen LogP contribution in [0.4, 0.5) is 10.1 Å². The second-order valence-corrected chi connectivity index (χ2v) is 10.2. The number of pyridine rings is 2. The maximum Gasteiger partial charge on any atom is 0.270 e. The molecule has 1 saturated heterocycles. The normalized spacial score (nSPS) is 18.2. The molecular weight excluding hydrogens is 507 g/mol. The Balaban J connectivity index is 1.60. The molecule has 0 N–H and O–H groups in total. The van der Waals surface area contributed by atoms with Crippen molar-refractivity contribution in [3.05, 3.63) is 99.2 Å². The summed E-state index contributed by atoms with van der Waals surface area (Å²) in [7, 11) is 3.23. The van der Waals surface area contributed by atoms with E-state index < -0.39 is 5.56 Å². The maximum absolute atomic E-state index is 13.9. The number of anilines is 1. The number of fused-ring (bicyclic) bond motifs is 1. The third-order valence-corrected chi connectivity index (χ3v) is 7.71. The lowest BCUT2D eigenvalue weighted by atomic mass is 9.93. The molecule has 4 aromatic rings. The lowest BCUT2D eigenvalue weighted by Crippen LogP contribution is -2.58. The number of aryl methyl sites for hydroxylation is 1. The van der Waals surface area contributed by atoms with Crippen LogP contribution < -0.4 is 15.2 Å². The molecule has 0 saturated carbocycles. The minimum atomic E-state index is -0.402. The first-order valence-electron chi connectivity index (χ1n) is 13.0. The maximum atomic E-state index is 13.9. The monoisotopic (exact) mass is 536 g/mol. The highest BCUT2D eigenvalue weighted by Crippen LogP contribution is 2.37. The lowest BCUT2D eigenvalue weighted by molar-refractivity contribution is 0.130. The Morgan fingerprint density at radius 2 is 1.60 bits per heavy atom. The molecule has 2 aromatic carbocycles. The zero-order chi connectivity index (χ0) is 28.6. The molecule has 0 amide bonds. The van der Waals surface area contributed by atoms with E-state index in [1.54, 1.807) is 26.3 Å². The summed E-state index contributed by atoms with van der Waals surface area (Å²) in [5, 5.41) is 19.6. The SMILES string of the molecule is COc1ccc(C(c2ccc(F)cc2)N2C[C@H](C)N(c3c(C#N)c(=O)n(C)c4ccc(C#N)nc34)C[C@H]2C)cc1. The highest BCUT2D eigenvalue weighted by molar-refractivity contribution is 5.92. The zero-order valence-electron chi connectivity index (χ0n) is 22.8. The number of aromatic nitrogens is 2. The molecule has 1 aliphatic heterocycles. The molecule has 0 aliphatic carbocycles. The molecule has 3 heterocycles. The van der Waals surface area contributed by atoms with E-state index in [4.69, 9.17) is 4.74 Å². The molecule has 0 spiro atoms. The van der Waals surface area contributed by atoms with Gasteiger partial charge in [-0.2, -0.15) is 10.5 Å². The highest BCUT2D eigenvalue weighted by atomic mass is 19.1. The van der Waals surface area contributed by atoms with Gasteiger partial charge in [-0.05, 0) is 61.4 Å². The number of hydrogen-bond acceptors (Lipinski definition) is 7. The van der Waals surface area contributed by atoms with Gasteiger partial charge in [0.1, 0.15) is 40.5 Å². The number of nitriles is 2. The van der Waals surface area contributed by atoms with Gasteiger partial charge in [0.15, 0.2) is 0 Å². The van der Waals surface area contributed by atoms with E-state index in [0.29, 0.717) is 29.8 Å². The van der Waals surface area contributed by atoms with Gasteiger partial charge in [-0.1, -0.05) is 24.3 Å². The number of methoxy groups -OCH3 is 1. The van der Waals surface area contributed by atoms with Crippen LogP contribution in [0, 0.1) is 28.5 Å². The lowest BCUT2D eigenvalue weighted by Gasteiger charge is -2.48. The molecule has 1 unspecified atom stereocenters. The van der Waals surface area contributed by atoms with Crippen molar-refractivity contribution in [3.8, 4) is 17.9 Å². The predicted molar refractivity (Wildman–Crippen MR) is 151 cm³/mol. The second kappa shape index (κ2) is 10.8. The molecule has 2 aromatic heterocycles. The molecule has 3 atom stereocenters. The summed E-state index contributed by atoms with van der Waals surface area (Å²) < 4.78 is 20.6. The van der Waals surface area contributed by atoms with Gasteiger partial charge in [-0.25, -0.2) is 9.37 Å². The summed E-state index contributed by atoms with van der Waals surface area (Å²) >= 11 is 0. The van der Waals surface area contributed by atoms with Crippen LogP contribution in [-0.2, 0) is 7.05 Å². The molecule has 1 fully saturated rings. The number of hydrogen-bond donors (Lipinski definition) is 0. The Bertz CT molecular complexity index is 1700. The van der Waals surface area contributed by atoms with Crippen molar-refractivity contribution in [2.24, 2.45) is 7.05 Å². The summed E-state index contributed by atoms with van der Waals surface area (Å²) in [6, 6.07) is 21.6. The Morgan fingerprint density at radius 3 is 2.20 bits per heavy atom. The molecule has 0 bridgehead atoms. The minimum absolute atomic E-state index is 0.00956. The average Bonchev–Trinajstić information content (AvgIpc) is 2.97. The summed E-state index contributed by atoms with van der Waals surface area (Å²) in [5.74, 6) is 0.452. The van der Waals surface area contributed by atoms with Crippen molar-refractivity contribution in [1.82, 2.24) is 14.5 Å². The summed E-state index contributed by atoms with van der Waals surface area (Å²) in [5.41, 5.74) is 3.29. The van der Waals surface area contributed by atoms with Crippen molar-refractivity contribution in [1.29, 1.82) is 10.5 Å². The van der Waals surface area contributed by atoms with Crippen LogP contribution >= 0.6 is 0 Å². The van der Waals surface area contributed by atoms with E-state index in [9.17, 15) is 19.7 Å². The third kappa shape index (κ3) is 4.66. The number of ether oxygens (including phenoxy) is 1. The Kier molecular flexibility index (Phi) is 7.25. The molecular formula is C31H29FN6O2. The summed E-state index contributed by atoms with van der Waals surface area (Å²) in [6.07, 6.45) is 0. The third-order valence-electron chi connectivity index (χ3n) is 7.71. The predicted octanol–water partition coefficient (Wildman–Crippen LogP) is 4.51. The first-order valence-corrected chi connectivity index (χ1v) is 13.0. The fourth-order valence-corrected chi connectivity index (χ4v) is 5.67. The van der Waals surface area contributed by atoms with Crippen LogP contribution in [0.1, 0.15) is 42.3 Å². The van der Waals surface area contributed by atoms with Crippen LogP contribution in [0.15, 0.2) is 65.5 Å². The number of benzene rings is 2. The van der Waals surface area contributed by atoms with E-state index in [2.05, 4.69) is 33.8 Å². The van der Waals surface area contributed by atoms with E-state index in [1.807, 2.05) is 43.3 Å².